The second kappa shape index (κ2) is 8.39. The third-order valence-electron chi connectivity index (χ3n) is 4.88. The summed E-state index contributed by atoms with van der Waals surface area (Å²) in [5, 5.41) is 4.42. The number of rotatable bonds is 4. The Morgan fingerprint density at radius 1 is 1.28 bits per heavy atom. The number of hydrogen-bond acceptors (Lipinski definition) is 4. The van der Waals surface area contributed by atoms with Crippen LogP contribution in [0.4, 0.5) is 13.6 Å². The van der Waals surface area contributed by atoms with Gasteiger partial charge in [-0.1, -0.05) is 0 Å². The third kappa shape index (κ3) is 5.46. The highest BCUT2D eigenvalue weighted by Crippen LogP contribution is 2.31. The van der Waals surface area contributed by atoms with E-state index in [4.69, 9.17) is 9.57 Å². The average molecular weight is 407 g/mol. The number of aromatic nitrogens is 2. The molecule has 29 heavy (non-hydrogen) atoms. The molecule has 2 unspecified atom stereocenters. The Labute approximate surface area is 169 Å². The number of nitrogens with zero attached hydrogens (tertiary/aromatic N) is 3. The standard InChI is InChI=1S/C21H27F2N3O3/c1-14-11-15(7-9-25(14)20(27)29-21(2,3)4)19-8-10-26(24-19)28-13-16-5-6-17(22)12-18(16)23/h5-6,8,10,12,14-15H,7,9,11,13H2,1-4H3. The Balaban J connectivity index is 1.56. The summed E-state index contributed by atoms with van der Waals surface area (Å²) in [5.41, 5.74) is 0.594. The largest absolute Gasteiger partial charge is 0.444 e. The lowest BCUT2D eigenvalue weighted by Gasteiger charge is -2.37. The van der Waals surface area contributed by atoms with Crippen molar-refractivity contribution >= 4 is 6.09 Å². The number of ether oxygens (including phenoxy) is 1. The smallest absolute Gasteiger partial charge is 0.410 e. The average Bonchev–Trinajstić information content (AvgIpc) is 3.08. The maximum Gasteiger partial charge on any atom is 0.410 e. The third-order valence-corrected chi connectivity index (χ3v) is 4.88. The summed E-state index contributed by atoms with van der Waals surface area (Å²) in [4.78, 5) is 20.9. The second-order valence-corrected chi connectivity index (χ2v) is 8.40. The number of amides is 1. The van der Waals surface area contributed by atoms with Gasteiger partial charge in [0.05, 0.1) is 11.9 Å². The highest BCUT2D eigenvalue weighted by atomic mass is 19.1. The van der Waals surface area contributed by atoms with E-state index in [1.807, 2.05) is 33.8 Å². The summed E-state index contributed by atoms with van der Waals surface area (Å²) in [6.45, 7) is 8.10. The van der Waals surface area contributed by atoms with Crippen LogP contribution in [0.2, 0.25) is 0 Å². The van der Waals surface area contributed by atoms with E-state index in [-0.39, 0.29) is 30.2 Å². The minimum Gasteiger partial charge on any atom is -0.444 e. The molecule has 0 saturated carbocycles. The van der Waals surface area contributed by atoms with E-state index in [1.165, 1.54) is 17.0 Å². The van der Waals surface area contributed by atoms with Gasteiger partial charge in [-0.2, -0.15) is 0 Å². The fourth-order valence-electron chi connectivity index (χ4n) is 3.42. The lowest BCUT2D eigenvalue weighted by molar-refractivity contribution is 0.00996. The summed E-state index contributed by atoms with van der Waals surface area (Å²) >= 11 is 0. The number of likely N-dealkylation sites (tertiary alicyclic amines) is 1. The van der Waals surface area contributed by atoms with E-state index in [0.29, 0.717) is 6.54 Å². The molecule has 0 radical (unpaired) electrons. The molecule has 2 atom stereocenters. The van der Waals surface area contributed by atoms with E-state index in [9.17, 15) is 13.6 Å². The van der Waals surface area contributed by atoms with Gasteiger partial charge in [0.15, 0.2) is 0 Å². The SMILES string of the molecule is CC1CC(c2ccn(OCc3ccc(F)cc3F)n2)CCN1C(=O)OC(C)(C)C. The van der Waals surface area contributed by atoms with Gasteiger partial charge in [0.1, 0.15) is 23.8 Å². The van der Waals surface area contributed by atoms with Crippen LogP contribution in [-0.4, -0.2) is 39.1 Å². The normalized spacial score (nSPS) is 19.9. The maximum absolute atomic E-state index is 13.7. The van der Waals surface area contributed by atoms with E-state index in [2.05, 4.69) is 5.10 Å². The molecule has 158 valence electrons. The van der Waals surface area contributed by atoms with Gasteiger partial charge in [0.2, 0.25) is 0 Å². The highest BCUT2D eigenvalue weighted by molar-refractivity contribution is 5.68. The van der Waals surface area contributed by atoms with Crippen LogP contribution >= 0.6 is 0 Å². The Kier molecular flexibility index (Phi) is 6.10. The molecule has 2 heterocycles. The predicted molar refractivity (Wildman–Crippen MR) is 103 cm³/mol. The molecule has 1 saturated heterocycles. The number of hydrogen-bond donors (Lipinski definition) is 0. The zero-order chi connectivity index (χ0) is 21.2. The molecule has 0 N–H and O–H groups in total. The summed E-state index contributed by atoms with van der Waals surface area (Å²) in [6, 6.07) is 5.26. The Morgan fingerprint density at radius 3 is 2.69 bits per heavy atom. The molecule has 0 aliphatic carbocycles. The van der Waals surface area contributed by atoms with Crippen LogP contribution in [0.1, 0.15) is 57.7 Å². The summed E-state index contributed by atoms with van der Waals surface area (Å²) in [5.74, 6) is -1.09. The molecule has 0 spiro atoms. The lowest BCUT2D eigenvalue weighted by Crippen LogP contribution is -2.46. The lowest BCUT2D eigenvalue weighted by atomic mass is 9.89. The summed E-state index contributed by atoms with van der Waals surface area (Å²) in [6.07, 6.45) is 2.91. The maximum atomic E-state index is 13.7. The molecule has 3 rings (SSSR count). The fraction of sp³-hybridized carbons (Fsp3) is 0.524. The van der Waals surface area contributed by atoms with E-state index >= 15 is 0 Å². The first-order chi connectivity index (χ1) is 13.6. The molecule has 1 amide bonds. The molecular weight excluding hydrogens is 380 g/mol. The van der Waals surface area contributed by atoms with Crippen LogP contribution in [0.15, 0.2) is 30.5 Å². The molecular formula is C21H27F2N3O3. The Morgan fingerprint density at radius 2 is 2.03 bits per heavy atom. The Bertz CT molecular complexity index is 863. The van der Waals surface area contributed by atoms with E-state index in [0.717, 1.165) is 24.6 Å². The van der Waals surface area contributed by atoms with Crippen molar-refractivity contribution in [3.63, 3.8) is 0 Å². The first-order valence-electron chi connectivity index (χ1n) is 9.75. The van der Waals surface area contributed by atoms with Crippen LogP contribution in [0.25, 0.3) is 0 Å². The zero-order valence-corrected chi connectivity index (χ0v) is 17.2. The van der Waals surface area contributed by atoms with Crippen molar-refractivity contribution < 1.29 is 23.1 Å². The van der Waals surface area contributed by atoms with Gasteiger partial charge in [-0.3, -0.25) is 0 Å². The van der Waals surface area contributed by atoms with Gasteiger partial charge in [-0.05, 0) is 58.7 Å². The van der Waals surface area contributed by atoms with Crippen LogP contribution in [0.3, 0.4) is 0 Å². The Hall–Kier alpha value is -2.64. The fourth-order valence-corrected chi connectivity index (χ4v) is 3.42. The number of carbonyl (C=O) groups excluding carboxylic acids is 1. The first kappa shape index (κ1) is 21.1. The molecule has 1 aromatic heterocycles. The highest BCUT2D eigenvalue weighted by Gasteiger charge is 2.33. The zero-order valence-electron chi connectivity index (χ0n) is 17.2. The molecule has 6 nitrogen and oxygen atoms in total. The van der Waals surface area contributed by atoms with Gasteiger partial charge in [-0.15, -0.1) is 9.94 Å². The molecule has 1 fully saturated rings. The van der Waals surface area contributed by atoms with Crippen molar-refractivity contribution in [2.24, 2.45) is 0 Å². The van der Waals surface area contributed by atoms with Crippen molar-refractivity contribution in [3.05, 3.63) is 53.4 Å². The van der Waals surface area contributed by atoms with Gasteiger partial charge in [-0.25, -0.2) is 13.6 Å². The monoisotopic (exact) mass is 407 g/mol. The topological polar surface area (TPSA) is 56.6 Å². The van der Waals surface area contributed by atoms with Crippen molar-refractivity contribution in [3.8, 4) is 0 Å². The van der Waals surface area contributed by atoms with Crippen molar-refractivity contribution in [1.82, 2.24) is 14.8 Å². The van der Waals surface area contributed by atoms with E-state index in [1.54, 1.807) is 11.1 Å². The first-order valence-corrected chi connectivity index (χ1v) is 9.75. The van der Waals surface area contributed by atoms with Gasteiger partial charge in [0, 0.05) is 30.1 Å². The van der Waals surface area contributed by atoms with Crippen molar-refractivity contribution in [2.75, 3.05) is 6.54 Å². The predicted octanol–water partition coefficient (Wildman–Crippen LogP) is 4.29. The molecule has 0 bridgehead atoms. The number of piperidine rings is 1. The molecule has 2 aromatic rings. The van der Waals surface area contributed by atoms with Gasteiger partial charge < -0.3 is 14.5 Å². The number of halogens is 2. The quantitative estimate of drug-likeness (QED) is 0.759. The second-order valence-electron chi connectivity index (χ2n) is 8.40. The molecule has 1 aromatic carbocycles. The number of carbonyl (C=O) groups is 1. The van der Waals surface area contributed by atoms with Crippen LogP contribution in [0, 0.1) is 11.6 Å². The molecule has 8 heteroatoms. The van der Waals surface area contributed by atoms with E-state index < -0.39 is 17.2 Å². The van der Waals surface area contributed by atoms with Crippen molar-refractivity contribution in [2.45, 2.75) is 64.7 Å². The minimum atomic E-state index is -0.652. The minimum absolute atomic E-state index is 0.0305. The van der Waals surface area contributed by atoms with Gasteiger partial charge in [0.25, 0.3) is 0 Å². The molecule has 1 aliphatic heterocycles. The number of benzene rings is 1. The van der Waals surface area contributed by atoms with Crippen LogP contribution in [0.5, 0.6) is 0 Å². The van der Waals surface area contributed by atoms with Crippen LogP contribution in [-0.2, 0) is 11.3 Å². The summed E-state index contributed by atoms with van der Waals surface area (Å²) < 4.78 is 32.2. The van der Waals surface area contributed by atoms with Crippen molar-refractivity contribution in [1.29, 1.82) is 0 Å². The van der Waals surface area contributed by atoms with Gasteiger partial charge >= 0.3 is 6.09 Å². The summed E-state index contributed by atoms with van der Waals surface area (Å²) in [7, 11) is 0. The molecule has 1 aliphatic rings. The van der Waals surface area contributed by atoms with Crippen LogP contribution < -0.4 is 4.84 Å².